The molecule has 2 fully saturated rings. The summed E-state index contributed by atoms with van der Waals surface area (Å²) in [6.45, 7) is 8.07. The summed E-state index contributed by atoms with van der Waals surface area (Å²) < 4.78 is 5.28. The van der Waals surface area contributed by atoms with E-state index in [1.807, 2.05) is 17.4 Å². The molecule has 0 aliphatic heterocycles. The van der Waals surface area contributed by atoms with Crippen LogP contribution in [0.3, 0.4) is 0 Å². The molecule has 4 heteroatoms. The maximum atomic E-state index is 12.3. The summed E-state index contributed by atoms with van der Waals surface area (Å²) in [4.78, 5) is 12.3. The first-order valence-electron chi connectivity index (χ1n) is 8.08. The van der Waals surface area contributed by atoms with Crippen molar-refractivity contribution in [3.05, 3.63) is 24.2 Å². The summed E-state index contributed by atoms with van der Waals surface area (Å²) in [5.74, 6) is 2.46. The van der Waals surface area contributed by atoms with Gasteiger partial charge in [0.15, 0.2) is 12.3 Å². The van der Waals surface area contributed by atoms with Crippen LogP contribution in [0, 0.1) is 17.3 Å². The molecule has 21 heavy (non-hydrogen) atoms. The van der Waals surface area contributed by atoms with E-state index in [9.17, 15) is 4.79 Å². The molecule has 2 bridgehead atoms. The van der Waals surface area contributed by atoms with Gasteiger partial charge in [-0.2, -0.15) is 0 Å². The number of hydrogen-bond acceptors (Lipinski definition) is 2. The second kappa shape index (κ2) is 5.16. The summed E-state index contributed by atoms with van der Waals surface area (Å²) >= 11 is 0. The number of carbonyl (C=O) groups is 1. The van der Waals surface area contributed by atoms with Crippen LogP contribution in [0.4, 0.5) is 0 Å². The molecule has 1 aromatic rings. The zero-order valence-corrected chi connectivity index (χ0v) is 13.3. The SMILES string of the molecule is CC1(C)[C@@H]2CC[C@H](C2)[C@@]1(C)NC(=O)C[NH2+]Cc1ccco1. The van der Waals surface area contributed by atoms with Gasteiger partial charge in [0.2, 0.25) is 0 Å². The molecule has 1 amide bonds. The zero-order valence-electron chi connectivity index (χ0n) is 13.3. The fraction of sp³-hybridized carbons (Fsp3) is 0.706. The molecule has 3 atom stereocenters. The summed E-state index contributed by atoms with van der Waals surface area (Å²) in [5.41, 5.74) is 0.151. The fourth-order valence-corrected chi connectivity index (χ4v) is 4.49. The molecular formula is C17H27N2O2+. The van der Waals surface area contributed by atoms with Gasteiger partial charge in [-0.1, -0.05) is 13.8 Å². The molecule has 0 unspecified atom stereocenters. The molecule has 3 rings (SSSR count). The number of nitrogens with two attached hydrogens (primary N) is 1. The lowest BCUT2D eigenvalue weighted by Gasteiger charge is -2.48. The van der Waals surface area contributed by atoms with Crippen LogP contribution in [0.25, 0.3) is 0 Å². The molecule has 2 aliphatic carbocycles. The Hall–Kier alpha value is -1.29. The van der Waals surface area contributed by atoms with E-state index in [1.54, 1.807) is 6.26 Å². The Kier molecular flexibility index (Phi) is 3.60. The third kappa shape index (κ3) is 2.39. The van der Waals surface area contributed by atoms with Crippen molar-refractivity contribution in [3.63, 3.8) is 0 Å². The van der Waals surface area contributed by atoms with E-state index in [0.717, 1.165) is 11.7 Å². The molecule has 2 aliphatic rings. The average molecular weight is 291 g/mol. The Morgan fingerprint density at radius 2 is 2.14 bits per heavy atom. The van der Waals surface area contributed by atoms with Crippen LogP contribution in [0.1, 0.15) is 45.8 Å². The van der Waals surface area contributed by atoms with E-state index in [1.165, 1.54) is 19.3 Å². The molecule has 116 valence electrons. The number of nitrogens with one attached hydrogen (secondary N) is 1. The Balaban J connectivity index is 1.54. The van der Waals surface area contributed by atoms with Crippen LogP contribution in [-0.4, -0.2) is 18.0 Å². The van der Waals surface area contributed by atoms with Gasteiger partial charge in [0, 0.05) is 5.54 Å². The second-order valence-corrected chi connectivity index (χ2v) is 7.46. The van der Waals surface area contributed by atoms with Gasteiger partial charge in [0.1, 0.15) is 6.54 Å². The number of furan rings is 1. The molecule has 2 saturated carbocycles. The smallest absolute Gasteiger partial charge is 0.275 e. The molecule has 0 spiro atoms. The maximum Gasteiger partial charge on any atom is 0.275 e. The van der Waals surface area contributed by atoms with Crippen molar-refractivity contribution in [3.8, 4) is 0 Å². The van der Waals surface area contributed by atoms with Crippen molar-refractivity contribution < 1.29 is 14.5 Å². The number of fused-ring (bicyclic) bond motifs is 2. The van der Waals surface area contributed by atoms with Crippen LogP contribution in [0.2, 0.25) is 0 Å². The van der Waals surface area contributed by atoms with E-state index in [2.05, 4.69) is 26.1 Å². The molecule has 0 saturated heterocycles. The first-order valence-corrected chi connectivity index (χ1v) is 8.08. The third-order valence-corrected chi connectivity index (χ3v) is 6.26. The summed E-state index contributed by atoms with van der Waals surface area (Å²) in [7, 11) is 0. The first-order chi connectivity index (χ1) is 9.93. The molecule has 1 aromatic heterocycles. The van der Waals surface area contributed by atoms with E-state index < -0.39 is 0 Å². The highest BCUT2D eigenvalue weighted by Gasteiger charge is 2.60. The van der Waals surface area contributed by atoms with E-state index in [4.69, 9.17) is 4.42 Å². The molecular weight excluding hydrogens is 264 g/mol. The minimum Gasteiger partial charge on any atom is -0.463 e. The van der Waals surface area contributed by atoms with Gasteiger partial charge in [-0.05, 0) is 55.6 Å². The molecule has 0 aromatic carbocycles. The van der Waals surface area contributed by atoms with Gasteiger partial charge in [-0.3, -0.25) is 4.79 Å². The lowest BCUT2D eigenvalue weighted by molar-refractivity contribution is -0.661. The molecule has 0 radical (unpaired) electrons. The Labute approximate surface area is 126 Å². The van der Waals surface area contributed by atoms with Gasteiger partial charge < -0.3 is 15.1 Å². The number of amides is 1. The van der Waals surface area contributed by atoms with E-state index in [-0.39, 0.29) is 16.9 Å². The van der Waals surface area contributed by atoms with Crippen LogP contribution in [0.15, 0.2) is 22.8 Å². The quantitative estimate of drug-likeness (QED) is 0.867. The topological polar surface area (TPSA) is 58.9 Å². The lowest BCUT2D eigenvalue weighted by Crippen LogP contribution is -2.85. The highest BCUT2D eigenvalue weighted by molar-refractivity contribution is 5.77. The zero-order chi connectivity index (χ0) is 15.1. The van der Waals surface area contributed by atoms with Crippen LogP contribution in [0.5, 0.6) is 0 Å². The Morgan fingerprint density at radius 3 is 2.76 bits per heavy atom. The third-order valence-electron chi connectivity index (χ3n) is 6.26. The summed E-state index contributed by atoms with van der Waals surface area (Å²) in [6, 6.07) is 3.82. The van der Waals surface area contributed by atoms with Crippen LogP contribution >= 0.6 is 0 Å². The Morgan fingerprint density at radius 1 is 1.38 bits per heavy atom. The summed E-state index contributed by atoms with van der Waals surface area (Å²) in [6.07, 6.45) is 5.54. The van der Waals surface area contributed by atoms with Gasteiger partial charge in [-0.25, -0.2) is 0 Å². The van der Waals surface area contributed by atoms with E-state index in [0.29, 0.717) is 19.0 Å². The highest BCUT2D eigenvalue weighted by atomic mass is 16.3. The van der Waals surface area contributed by atoms with Crippen molar-refractivity contribution in [1.29, 1.82) is 0 Å². The van der Waals surface area contributed by atoms with Crippen molar-refractivity contribution in [2.45, 2.75) is 52.1 Å². The monoisotopic (exact) mass is 291 g/mol. The molecule has 1 heterocycles. The van der Waals surface area contributed by atoms with E-state index >= 15 is 0 Å². The van der Waals surface area contributed by atoms with Crippen molar-refractivity contribution in [1.82, 2.24) is 5.32 Å². The highest BCUT2D eigenvalue weighted by Crippen LogP contribution is 2.61. The van der Waals surface area contributed by atoms with Crippen molar-refractivity contribution in [2.24, 2.45) is 17.3 Å². The maximum absolute atomic E-state index is 12.3. The van der Waals surface area contributed by atoms with Gasteiger partial charge in [0.25, 0.3) is 5.91 Å². The van der Waals surface area contributed by atoms with Gasteiger partial charge >= 0.3 is 0 Å². The number of rotatable bonds is 5. The Bertz CT molecular complexity index is 509. The standard InChI is InChI=1S/C17H26N2O2/c1-16(2)12-6-7-13(9-12)17(16,3)19-15(20)11-18-10-14-5-4-8-21-14/h4-5,8,12-13,18H,6-7,9-11H2,1-3H3,(H,19,20)/p+1/t12-,13-,17-/m1/s1. The predicted molar refractivity (Wildman–Crippen MR) is 80.4 cm³/mol. The lowest BCUT2D eigenvalue weighted by atomic mass is 9.64. The minimum absolute atomic E-state index is 0.0501. The van der Waals surface area contributed by atoms with Crippen molar-refractivity contribution in [2.75, 3.05) is 6.54 Å². The van der Waals surface area contributed by atoms with Crippen LogP contribution in [-0.2, 0) is 11.3 Å². The first kappa shape index (κ1) is 14.6. The molecule has 3 N–H and O–H groups in total. The summed E-state index contributed by atoms with van der Waals surface area (Å²) in [5, 5.41) is 5.35. The van der Waals surface area contributed by atoms with Gasteiger partial charge in [0.05, 0.1) is 6.26 Å². The molecule has 4 nitrogen and oxygen atoms in total. The average Bonchev–Trinajstić information content (AvgIpc) is 3.11. The predicted octanol–water partition coefficient (Wildman–Crippen LogP) is 1.67. The van der Waals surface area contributed by atoms with Gasteiger partial charge in [-0.15, -0.1) is 0 Å². The number of hydrogen-bond donors (Lipinski definition) is 2. The second-order valence-electron chi connectivity index (χ2n) is 7.46. The van der Waals surface area contributed by atoms with Crippen molar-refractivity contribution >= 4 is 5.91 Å². The number of quaternary nitrogens is 1. The van der Waals surface area contributed by atoms with Crippen LogP contribution < -0.4 is 10.6 Å². The minimum atomic E-state index is -0.0501. The fourth-order valence-electron chi connectivity index (χ4n) is 4.49. The largest absolute Gasteiger partial charge is 0.463 e. The number of carbonyl (C=O) groups excluding carboxylic acids is 1. The normalized spacial score (nSPS) is 33.3.